The highest BCUT2D eigenvalue weighted by atomic mass is 31.2. The van der Waals surface area contributed by atoms with E-state index in [0.717, 1.165) is 10.6 Å². The van der Waals surface area contributed by atoms with Crippen LogP contribution in [-0.4, -0.2) is 48.2 Å². The SMILES string of the molecule is CC(C)CC(O)C(N1CCOCC1)P(=O)(c1ccccc1)c1ccccc1. The molecule has 27 heavy (non-hydrogen) atoms. The Morgan fingerprint density at radius 1 is 0.963 bits per heavy atom. The molecule has 0 spiro atoms. The predicted molar refractivity (Wildman–Crippen MR) is 111 cm³/mol. The van der Waals surface area contributed by atoms with E-state index in [2.05, 4.69) is 18.7 Å². The van der Waals surface area contributed by atoms with Gasteiger partial charge in [0, 0.05) is 23.7 Å². The Morgan fingerprint density at radius 3 is 1.89 bits per heavy atom. The normalized spacial score (nSPS) is 18.4. The van der Waals surface area contributed by atoms with Gasteiger partial charge in [-0.05, 0) is 12.3 Å². The Bertz CT molecular complexity index is 701. The zero-order chi connectivity index (χ0) is 19.3. The van der Waals surface area contributed by atoms with Crippen LogP contribution in [0.2, 0.25) is 0 Å². The van der Waals surface area contributed by atoms with Crippen molar-refractivity contribution in [1.29, 1.82) is 0 Å². The summed E-state index contributed by atoms with van der Waals surface area (Å²) < 4.78 is 20.3. The van der Waals surface area contributed by atoms with Gasteiger partial charge in [0.2, 0.25) is 0 Å². The van der Waals surface area contributed by atoms with Crippen LogP contribution in [0.4, 0.5) is 0 Å². The number of aliphatic hydroxyl groups is 1. The van der Waals surface area contributed by atoms with Crippen molar-refractivity contribution in [2.24, 2.45) is 5.92 Å². The van der Waals surface area contributed by atoms with Gasteiger partial charge >= 0.3 is 0 Å². The number of ether oxygens (including phenoxy) is 1. The molecule has 0 amide bonds. The van der Waals surface area contributed by atoms with Gasteiger partial charge in [0.1, 0.15) is 0 Å². The van der Waals surface area contributed by atoms with Crippen molar-refractivity contribution in [3.8, 4) is 0 Å². The average Bonchev–Trinajstić information content (AvgIpc) is 2.69. The van der Waals surface area contributed by atoms with Crippen LogP contribution >= 0.6 is 7.14 Å². The lowest BCUT2D eigenvalue weighted by Crippen LogP contribution is -2.52. The molecule has 4 nitrogen and oxygen atoms in total. The topological polar surface area (TPSA) is 49.8 Å². The molecule has 1 aliphatic rings. The fraction of sp³-hybridized carbons (Fsp3) is 0.455. The Balaban J connectivity index is 2.14. The van der Waals surface area contributed by atoms with Gasteiger partial charge < -0.3 is 14.4 Å². The zero-order valence-corrected chi connectivity index (χ0v) is 17.1. The van der Waals surface area contributed by atoms with Crippen molar-refractivity contribution >= 4 is 17.8 Å². The Hall–Kier alpha value is -1.45. The summed E-state index contributed by atoms with van der Waals surface area (Å²) in [6, 6.07) is 19.3. The summed E-state index contributed by atoms with van der Waals surface area (Å²) in [4.78, 5) is 2.18. The van der Waals surface area contributed by atoms with Gasteiger partial charge in [-0.3, -0.25) is 4.90 Å². The van der Waals surface area contributed by atoms with Crippen LogP contribution in [-0.2, 0) is 9.30 Å². The van der Waals surface area contributed by atoms with Gasteiger partial charge in [0.15, 0.2) is 7.14 Å². The summed E-state index contributed by atoms with van der Waals surface area (Å²) in [5, 5.41) is 12.8. The maximum absolute atomic E-state index is 14.8. The fourth-order valence-corrected chi connectivity index (χ4v) is 7.35. The molecule has 2 unspecified atom stereocenters. The predicted octanol–water partition coefficient (Wildman–Crippen LogP) is 3.07. The molecule has 1 saturated heterocycles. The van der Waals surface area contributed by atoms with E-state index in [-0.39, 0.29) is 0 Å². The quantitative estimate of drug-likeness (QED) is 0.742. The van der Waals surface area contributed by atoms with E-state index in [1.807, 2.05) is 60.7 Å². The second-order valence-corrected chi connectivity index (χ2v) is 10.5. The van der Waals surface area contributed by atoms with Crippen molar-refractivity contribution in [3.63, 3.8) is 0 Å². The maximum Gasteiger partial charge on any atom is 0.162 e. The zero-order valence-electron chi connectivity index (χ0n) is 16.2. The lowest BCUT2D eigenvalue weighted by Gasteiger charge is -2.42. The number of rotatable bonds is 7. The van der Waals surface area contributed by atoms with E-state index in [1.165, 1.54) is 0 Å². The minimum atomic E-state index is -3.09. The highest BCUT2D eigenvalue weighted by molar-refractivity contribution is 7.79. The van der Waals surface area contributed by atoms with Crippen molar-refractivity contribution < 1.29 is 14.4 Å². The van der Waals surface area contributed by atoms with Crippen LogP contribution in [0.25, 0.3) is 0 Å². The first-order valence-electron chi connectivity index (χ1n) is 9.74. The Kier molecular flexibility index (Phi) is 6.88. The molecule has 0 aliphatic carbocycles. The summed E-state index contributed by atoms with van der Waals surface area (Å²) in [6.07, 6.45) is -0.0552. The third kappa shape index (κ3) is 4.52. The monoisotopic (exact) mass is 387 g/mol. The molecule has 0 radical (unpaired) electrons. The van der Waals surface area contributed by atoms with Gasteiger partial charge in [0.25, 0.3) is 0 Å². The first-order chi connectivity index (χ1) is 13.0. The number of hydrogen-bond donors (Lipinski definition) is 1. The van der Waals surface area contributed by atoms with Crippen molar-refractivity contribution in [2.45, 2.75) is 32.2 Å². The van der Waals surface area contributed by atoms with Crippen LogP contribution in [0.15, 0.2) is 60.7 Å². The minimum Gasteiger partial charge on any atom is -0.391 e. The first-order valence-corrected chi connectivity index (χ1v) is 11.5. The summed E-state index contributed by atoms with van der Waals surface area (Å²) in [6.45, 7) is 6.76. The molecule has 0 bridgehead atoms. The van der Waals surface area contributed by atoms with Gasteiger partial charge in [-0.2, -0.15) is 0 Å². The molecule has 1 N–H and O–H groups in total. The van der Waals surface area contributed by atoms with Crippen LogP contribution in [0.1, 0.15) is 20.3 Å². The Morgan fingerprint density at radius 2 is 1.44 bits per heavy atom. The van der Waals surface area contributed by atoms with Crippen LogP contribution < -0.4 is 10.6 Å². The lowest BCUT2D eigenvalue weighted by atomic mass is 10.1. The molecule has 5 heteroatoms. The highest BCUT2D eigenvalue weighted by Crippen LogP contribution is 2.52. The highest BCUT2D eigenvalue weighted by Gasteiger charge is 2.44. The molecular formula is C22H30NO3P. The van der Waals surface area contributed by atoms with Gasteiger partial charge in [-0.15, -0.1) is 0 Å². The van der Waals surface area contributed by atoms with Crippen LogP contribution in [0, 0.1) is 5.92 Å². The van der Waals surface area contributed by atoms with Crippen molar-refractivity contribution in [2.75, 3.05) is 26.3 Å². The minimum absolute atomic E-state index is 0.323. The van der Waals surface area contributed by atoms with E-state index in [1.54, 1.807) is 0 Å². The number of nitrogens with zero attached hydrogens (tertiary/aromatic N) is 1. The second kappa shape index (κ2) is 9.16. The third-order valence-electron chi connectivity index (χ3n) is 5.13. The molecule has 2 aromatic rings. The number of benzene rings is 2. The van der Waals surface area contributed by atoms with E-state index in [9.17, 15) is 9.67 Å². The first kappa shape index (κ1) is 20.3. The molecule has 0 aromatic heterocycles. The smallest absolute Gasteiger partial charge is 0.162 e. The van der Waals surface area contributed by atoms with Gasteiger partial charge in [-0.25, -0.2) is 0 Å². The molecule has 1 fully saturated rings. The van der Waals surface area contributed by atoms with Crippen molar-refractivity contribution in [3.05, 3.63) is 60.7 Å². The summed E-state index contributed by atoms with van der Waals surface area (Å²) >= 11 is 0. The van der Waals surface area contributed by atoms with Crippen LogP contribution in [0.5, 0.6) is 0 Å². The Labute approximate surface area is 162 Å². The third-order valence-corrected chi connectivity index (χ3v) is 8.68. The molecule has 0 saturated carbocycles. The lowest BCUT2D eigenvalue weighted by molar-refractivity contribution is -0.00210. The molecule has 1 heterocycles. The molecule has 146 valence electrons. The fourth-order valence-electron chi connectivity index (χ4n) is 3.92. The van der Waals surface area contributed by atoms with Crippen LogP contribution in [0.3, 0.4) is 0 Å². The standard InChI is InChI=1S/C22H30NO3P/c1-18(2)17-21(24)22(23-13-15-26-16-14-23)27(25,19-9-5-3-6-10-19)20-11-7-4-8-12-20/h3-12,18,21-22,24H,13-17H2,1-2H3. The molecule has 3 rings (SSSR count). The molecule has 2 aromatic carbocycles. The number of morpholine rings is 1. The maximum atomic E-state index is 14.8. The summed E-state index contributed by atoms with van der Waals surface area (Å²) in [7, 11) is -3.09. The molecule has 1 aliphatic heterocycles. The van der Waals surface area contributed by atoms with E-state index in [4.69, 9.17) is 4.74 Å². The molecular weight excluding hydrogens is 357 g/mol. The van der Waals surface area contributed by atoms with E-state index < -0.39 is 19.0 Å². The molecule has 2 atom stereocenters. The van der Waals surface area contributed by atoms with E-state index >= 15 is 0 Å². The van der Waals surface area contributed by atoms with Gasteiger partial charge in [-0.1, -0.05) is 74.5 Å². The largest absolute Gasteiger partial charge is 0.391 e. The van der Waals surface area contributed by atoms with Gasteiger partial charge in [0.05, 0.1) is 25.1 Å². The summed E-state index contributed by atoms with van der Waals surface area (Å²) in [5.74, 6) is -0.128. The van der Waals surface area contributed by atoms with Crippen molar-refractivity contribution in [1.82, 2.24) is 4.90 Å². The second-order valence-electron chi connectivity index (χ2n) is 7.59. The van der Waals surface area contributed by atoms with E-state index in [0.29, 0.717) is 38.6 Å². The average molecular weight is 387 g/mol. The summed E-state index contributed by atoms with van der Waals surface area (Å²) in [5.41, 5.74) is 0. The number of aliphatic hydroxyl groups excluding tert-OH is 1. The number of hydrogen-bond acceptors (Lipinski definition) is 4.